The maximum absolute atomic E-state index is 13.3. The summed E-state index contributed by atoms with van der Waals surface area (Å²) in [6.07, 6.45) is 1.12. The SMILES string of the molecule is CC1(C)OC(c2ccc(S(C)(=O)=O)c(Br)c2)=C(c2ccc(F)cc2)C1=O. The van der Waals surface area contributed by atoms with E-state index in [0.717, 1.165) is 6.26 Å². The van der Waals surface area contributed by atoms with Gasteiger partial charge >= 0.3 is 0 Å². The van der Waals surface area contributed by atoms with Crippen LogP contribution in [0.15, 0.2) is 51.8 Å². The summed E-state index contributed by atoms with van der Waals surface area (Å²) in [5.74, 6) is -0.281. The number of ether oxygens (including phenoxy) is 1. The van der Waals surface area contributed by atoms with Crippen LogP contribution in [0.4, 0.5) is 4.39 Å². The maximum atomic E-state index is 13.3. The molecule has 1 heterocycles. The molecule has 136 valence electrons. The molecule has 2 aromatic carbocycles. The summed E-state index contributed by atoms with van der Waals surface area (Å²) in [7, 11) is -3.39. The fourth-order valence-corrected chi connectivity index (χ4v) is 4.77. The van der Waals surface area contributed by atoms with Gasteiger partial charge in [-0.05, 0) is 65.7 Å². The van der Waals surface area contributed by atoms with E-state index in [0.29, 0.717) is 26.9 Å². The second-order valence-electron chi connectivity index (χ2n) is 6.57. The van der Waals surface area contributed by atoms with Crippen LogP contribution in [0.1, 0.15) is 25.0 Å². The molecule has 3 rings (SSSR count). The van der Waals surface area contributed by atoms with Crippen molar-refractivity contribution in [3.8, 4) is 0 Å². The lowest BCUT2D eigenvalue weighted by atomic mass is 9.92. The first-order chi connectivity index (χ1) is 12.0. The summed E-state index contributed by atoms with van der Waals surface area (Å²) in [4.78, 5) is 13.0. The third-order valence-electron chi connectivity index (χ3n) is 4.08. The third kappa shape index (κ3) is 3.33. The lowest BCUT2D eigenvalue weighted by molar-refractivity contribution is -0.125. The molecule has 2 aromatic rings. The summed E-state index contributed by atoms with van der Waals surface area (Å²) in [6, 6.07) is 10.3. The molecule has 0 saturated carbocycles. The maximum Gasteiger partial charge on any atom is 0.210 e. The Kier molecular flexibility index (Phi) is 4.56. The van der Waals surface area contributed by atoms with Crippen LogP contribution >= 0.6 is 15.9 Å². The first kappa shape index (κ1) is 18.8. The predicted molar refractivity (Wildman–Crippen MR) is 101 cm³/mol. The zero-order chi connectivity index (χ0) is 19.3. The van der Waals surface area contributed by atoms with E-state index in [-0.39, 0.29) is 10.7 Å². The highest BCUT2D eigenvalue weighted by atomic mass is 79.9. The van der Waals surface area contributed by atoms with E-state index in [1.54, 1.807) is 26.0 Å². The van der Waals surface area contributed by atoms with Crippen LogP contribution in [0, 0.1) is 5.82 Å². The van der Waals surface area contributed by atoms with Gasteiger partial charge in [-0.3, -0.25) is 4.79 Å². The van der Waals surface area contributed by atoms with Gasteiger partial charge < -0.3 is 4.74 Å². The lowest BCUT2D eigenvalue weighted by Gasteiger charge is -2.18. The van der Waals surface area contributed by atoms with Gasteiger partial charge in [-0.2, -0.15) is 0 Å². The van der Waals surface area contributed by atoms with Crippen LogP contribution in [0.2, 0.25) is 0 Å². The number of hydrogen-bond donors (Lipinski definition) is 0. The van der Waals surface area contributed by atoms with Gasteiger partial charge in [0.15, 0.2) is 15.4 Å². The van der Waals surface area contributed by atoms with Gasteiger partial charge in [0, 0.05) is 16.3 Å². The monoisotopic (exact) mass is 438 g/mol. The van der Waals surface area contributed by atoms with Gasteiger partial charge in [0.1, 0.15) is 11.6 Å². The van der Waals surface area contributed by atoms with Crippen LogP contribution in [0.25, 0.3) is 11.3 Å². The molecular formula is C19H16BrFO4S. The Bertz CT molecular complexity index is 1040. The van der Waals surface area contributed by atoms with E-state index < -0.39 is 21.3 Å². The van der Waals surface area contributed by atoms with Gasteiger partial charge in [-0.15, -0.1) is 0 Å². The Hall–Kier alpha value is -1.99. The molecule has 0 amide bonds. The summed E-state index contributed by atoms with van der Waals surface area (Å²) >= 11 is 3.27. The van der Waals surface area contributed by atoms with Crippen molar-refractivity contribution >= 4 is 42.9 Å². The zero-order valence-electron chi connectivity index (χ0n) is 14.3. The molecule has 0 radical (unpaired) electrons. The minimum Gasteiger partial charge on any atom is -0.478 e. The quantitative estimate of drug-likeness (QED) is 0.718. The van der Waals surface area contributed by atoms with Crippen molar-refractivity contribution < 1.29 is 22.3 Å². The number of halogens is 2. The molecule has 1 aliphatic rings. The predicted octanol–water partition coefficient (Wildman–Crippen LogP) is 4.24. The van der Waals surface area contributed by atoms with Crippen LogP contribution in [0.5, 0.6) is 0 Å². The molecule has 0 aromatic heterocycles. The molecule has 0 bridgehead atoms. The van der Waals surface area contributed by atoms with Crippen molar-refractivity contribution in [1.82, 2.24) is 0 Å². The molecule has 0 unspecified atom stereocenters. The highest BCUT2D eigenvalue weighted by Gasteiger charge is 2.42. The normalized spacial score (nSPS) is 16.7. The molecule has 1 aliphatic heterocycles. The molecular weight excluding hydrogens is 423 g/mol. The van der Waals surface area contributed by atoms with Gasteiger partial charge in [0.05, 0.1) is 10.5 Å². The largest absolute Gasteiger partial charge is 0.478 e. The smallest absolute Gasteiger partial charge is 0.210 e. The van der Waals surface area contributed by atoms with E-state index in [1.165, 1.54) is 30.3 Å². The third-order valence-corrected chi connectivity index (χ3v) is 6.16. The standard InChI is InChI=1S/C19H16BrFO4S/c1-19(2)18(22)16(11-4-7-13(21)8-5-11)17(25-19)12-6-9-15(14(20)10-12)26(3,23)24/h4-10H,1-3H3. The Balaban J connectivity index is 2.20. The average Bonchev–Trinajstić information content (AvgIpc) is 2.77. The second-order valence-corrected chi connectivity index (χ2v) is 9.41. The Morgan fingerprint density at radius 1 is 1.04 bits per heavy atom. The van der Waals surface area contributed by atoms with Gasteiger partial charge in [-0.25, -0.2) is 12.8 Å². The van der Waals surface area contributed by atoms with E-state index in [2.05, 4.69) is 15.9 Å². The minimum atomic E-state index is -3.39. The topological polar surface area (TPSA) is 60.4 Å². The van der Waals surface area contributed by atoms with Crippen LogP contribution < -0.4 is 0 Å². The first-order valence-electron chi connectivity index (χ1n) is 7.75. The molecule has 4 nitrogen and oxygen atoms in total. The lowest BCUT2D eigenvalue weighted by Crippen LogP contribution is -2.29. The Morgan fingerprint density at radius 3 is 2.15 bits per heavy atom. The number of sulfone groups is 1. The molecule has 0 aliphatic carbocycles. The summed E-state index contributed by atoms with van der Waals surface area (Å²) in [6.45, 7) is 3.32. The van der Waals surface area contributed by atoms with Gasteiger partial charge in [0.25, 0.3) is 0 Å². The van der Waals surface area contributed by atoms with Crippen molar-refractivity contribution in [3.63, 3.8) is 0 Å². The second kappa shape index (κ2) is 6.32. The summed E-state index contributed by atoms with van der Waals surface area (Å²) in [5.41, 5.74) is 0.373. The Morgan fingerprint density at radius 2 is 1.62 bits per heavy atom. The Labute approximate surface area is 159 Å². The van der Waals surface area contributed by atoms with Crippen molar-refractivity contribution in [1.29, 1.82) is 0 Å². The van der Waals surface area contributed by atoms with E-state index in [9.17, 15) is 17.6 Å². The van der Waals surface area contributed by atoms with Gasteiger partial charge in [0.2, 0.25) is 5.78 Å². The van der Waals surface area contributed by atoms with Gasteiger partial charge in [-0.1, -0.05) is 12.1 Å². The van der Waals surface area contributed by atoms with Crippen LogP contribution in [-0.2, 0) is 19.4 Å². The van der Waals surface area contributed by atoms with Crippen molar-refractivity contribution in [2.75, 3.05) is 6.26 Å². The van der Waals surface area contributed by atoms with Crippen molar-refractivity contribution in [3.05, 3.63) is 63.9 Å². The van der Waals surface area contributed by atoms with E-state index in [4.69, 9.17) is 4.74 Å². The fraction of sp³-hybridized carbons (Fsp3) is 0.211. The fourth-order valence-electron chi connectivity index (χ4n) is 2.78. The number of carbonyl (C=O) groups excluding carboxylic acids is 1. The molecule has 26 heavy (non-hydrogen) atoms. The van der Waals surface area contributed by atoms with Crippen molar-refractivity contribution in [2.45, 2.75) is 24.3 Å². The number of hydrogen-bond acceptors (Lipinski definition) is 4. The van der Waals surface area contributed by atoms with E-state index in [1.807, 2.05) is 0 Å². The summed E-state index contributed by atoms with van der Waals surface area (Å²) < 4.78 is 43.1. The molecule has 0 N–H and O–H groups in total. The van der Waals surface area contributed by atoms with Crippen LogP contribution in [0.3, 0.4) is 0 Å². The highest BCUT2D eigenvalue weighted by molar-refractivity contribution is 9.10. The molecule has 0 atom stereocenters. The van der Waals surface area contributed by atoms with E-state index >= 15 is 0 Å². The number of rotatable bonds is 3. The highest BCUT2D eigenvalue weighted by Crippen LogP contribution is 2.42. The first-order valence-corrected chi connectivity index (χ1v) is 10.4. The molecule has 0 spiro atoms. The zero-order valence-corrected chi connectivity index (χ0v) is 16.7. The minimum absolute atomic E-state index is 0.147. The molecule has 7 heteroatoms. The van der Waals surface area contributed by atoms with Crippen molar-refractivity contribution in [2.24, 2.45) is 0 Å². The number of ketones is 1. The van der Waals surface area contributed by atoms with Crippen LogP contribution in [-0.4, -0.2) is 26.1 Å². The number of Topliss-reactive ketones (excluding diaryl/α,β-unsaturated/α-hetero) is 1. The summed E-state index contributed by atoms with van der Waals surface area (Å²) in [5, 5.41) is 0. The average molecular weight is 439 g/mol. The number of benzene rings is 2. The number of carbonyl (C=O) groups is 1. The molecule has 0 saturated heterocycles. The molecule has 0 fully saturated rings.